The Morgan fingerprint density at radius 3 is 2.94 bits per heavy atom. The van der Waals surface area contributed by atoms with Gasteiger partial charge >= 0.3 is 0 Å². The first-order valence-electron chi connectivity index (χ1n) is 4.73. The maximum atomic E-state index is 10.7. The Hall–Kier alpha value is -2.26. The number of hydrogen-bond acceptors (Lipinski definition) is 3. The van der Waals surface area contributed by atoms with Crippen LogP contribution in [0, 0.1) is 0 Å². The van der Waals surface area contributed by atoms with E-state index in [1.807, 2.05) is 6.08 Å². The van der Waals surface area contributed by atoms with Crippen LogP contribution in [0.15, 0.2) is 29.4 Å². The van der Waals surface area contributed by atoms with E-state index in [9.17, 15) is 9.90 Å². The van der Waals surface area contributed by atoms with Crippen LogP contribution in [-0.2, 0) is 0 Å². The lowest BCUT2D eigenvalue weighted by Crippen LogP contribution is -1.85. The van der Waals surface area contributed by atoms with E-state index < -0.39 is 0 Å². The molecular formula is C11H11N3O2. The molecule has 0 aliphatic heterocycles. The summed E-state index contributed by atoms with van der Waals surface area (Å²) >= 11 is 0. The molecule has 1 N–H and O–H groups in total. The Balaban J connectivity index is 2.72. The number of rotatable bonds is 5. The zero-order chi connectivity index (χ0) is 11.8. The van der Waals surface area contributed by atoms with Gasteiger partial charge in [-0.15, -0.1) is 0 Å². The normalized spacial score (nSPS) is 10.0. The van der Waals surface area contributed by atoms with Gasteiger partial charge in [0.1, 0.15) is 5.75 Å². The molecule has 0 saturated heterocycles. The van der Waals surface area contributed by atoms with Crippen molar-refractivity contribution in [2.45, 2.75) is 6.42 Å². The van der Waals surface area contributed by atoms with E-state index in [1.165, 1.54) is 12.1 Å². The molecular weight excluding hydrogens is 206 g/mol. The molecule has 1 aromatic rings. The third-order valence-corrected chi connectivity index (χ3v) is 1.95. The van der Waals surface area contributed by atoms with Gasteiger partial charge in [0.25, 0.3) is 0 Å². The molecule has 0 saturated carbocycles. The lowest BCUT2D eigenvalue weighted by atomic mass is 10.1. The van der Waals surface area contributed by atoms with E-state index in [4.69, 9.17) is 5.53 Å². The van der Waals surface area contributed by atoms with E-state index in [1.54, 1.807) is 12.1 Å². The number of hydrogen-bond donors (Lipinski definition) is 1. The number of nitrogens with zero attached hydrogens (tertiary/aromatic N) is 3. The highest BCUT2D eigenvalue weighted by Gasteiger charge is 1.98. The van der Waals surface area contributed by atoms with Crippen LogP contribution in [0.3, 0.4) is 0 Å². The summed E-state index contributed by atoms with van der Waals surface area (Å²) < 4.78 is 0. The quantitative estimate of drug-likeness (QED) is 0.270. The molecule has 0 aliphatic carbocycles. The van der Waals surface area contributed by atoms with Crippen molar-refractivity contribution in [3.8, 4) is 5.75 Å². The van der Waals surface area contributed by atoms with Crippen LogP contribution in [0.2, 0.25) is 0 Å². The summed E-state index contributed by atoms with van der Waals surface area (Å²) in [4.78, 5) is 13.3. The molecule has 0 unspecified atom stereocenters. The van der Waals surface area contributed by atoms with Gasteiger partial charge in [-0.3, -0.25) is 4.79 Å². The van der Waals surface area contributed by atoms with Crippen LogP contribution in [0.1, 0.15) is 22.3 Å². The number of benzene rings is 1. The van der Waals surface area contributed by atoms with Crippen LogP contribution >= 0.6 is 0 Å². The molecule has 1 rings (SSSR count). The molecule has 0 bridgehead atoms. The average molecular weight is 217 g/mol. The minimum Gasteiger partial charge on any atom is -0.508 e. The summed E-state index contributed by atoms with van der Waals surface area (Å²) in [6.07, 6.45) is 4.88. The van der Waals surface area contributed by atoms with Gasteiger partial charge in [-0.05, 0) is 29.6 Å². The van der Waals surface area contributed by atoms with E-state index in [0.717, 1.165) is 5.56 Å². The van der Waals surface area contributed by atoms with Crippen molar-refractivity contribution in [2.24, 2.45) is 5.11 Å². The van der Waals surface area contributed by atoms with E-state index in [2.05, 4.69) is 10.0 Å². The van der Waals surface area contributed by atoms with Crippen molar-refractivity contribution in [1.82, 2.24) is 0 Å². The third kappa shape index (κ3) is 3.48. The first kappa shape index (κ1) is 11.8. The minimum absolute atomic E-state index is 0.0633. The van der Waals surface area contributed by atoms with Crippen molar-refractivity contribution < 1.29 is 9.90 Å². The molecule has 1 aromatic carbocycles. The summed E-state index contributed by atoms with van der Waals surface area (Å²) in [6, 6.07) is 4.57. The first-order chi connectivity index (χ1) is 7.77. The number of aromatic hydroxyl groups is 1. The first-order valence-corrected chi connectivity index (χ1v) is 4.73. The summed E-state index contributed by atoms with van der Waals surface area (Å²) in [6.45, 7) is 0.390. The van der Waals surface area contributed by atoms with Gasteiger partial charge in [-0.2, -0.15) is 0 Å². The number of aldehydes is 1. The molecule has 0 amide bonds. The van der Waals surface area contributed by atoms with E-state index in [-0.39, 0.29) is 5.75 Å². The molecule has 0 spiro atoms. The predicted molar refractivity (Wildman–Crippen MR) is 61.2 cm³/mol. The molecule has 0 fully saturated rings. The van der Waals surface area contributed by atoms with Crippen molar-refractivity contribution in [3.63, 3.8) is 0 Å². The van der Waals surface area contributed by atoms with Gasteiger partial charge in [-0.1, -0.05) is 23.3 Å². The number of phenols is 1. The molecule has 82 valence electrons. The fourth-order valence-corrected chi connectivity index (χ4v) is 1.20. The molecule has 16 heavy (non-hydrogen) atoms. The Morgan fingerprint density at radius 1 is 1.44 bits per heavy atom. The van der Waals surface area contributed by atoms with E-state index >= 15 is 0 Å². The number of azide groups is 1. The molecule has 0 aromatic heterocycles. The Morgan fingerprint density at radius 2 is 2.25 bits per heavy atom. The molecule has 0 heterocycles. The van der Waals surface area contributed by atoms with E-state index in [0.29, 0.717) is 24.8 Å². The monoisotopic (exact) mass is 217 g/mol. The SMILES string of the molecule is [N-]=[N+]=NCCC=Cc1ccc(O)cc1C=O. The second-order valence-corrected chi connectivity index (χ2v) is 3.08. The number of carbonyl (C=O) groups is 1. The van der Waals surface area contributed by atoms with Gasteiger partial charge in [0.15, 0.2) is 6.29 Å². The second-order valence-electron chi connectivity index (χ2n) is 3.08. The highest BCUT2D eigenvalue weighted by atomic mass is 16.3. The maximum Gasteiger partial charge on any atom is 0.150 e. The highest BCUT2D eigenvalue weighted by molar-refractivity contribution is 5.82. The summed E-state index contributed by atoms with van der Waals surface area (Å²) in [7, 11) is 0. The van der Waals surface area contributed by atoms with Gasteiger partial charge in [-0.25, -0.2) is 0 Å². The van der Waals surface area contributed by atoms with Crippen LogP contribution in [0.4, 0.5) is 0 Å². The number of phenolic OH excluding ortho intramolecular Hbond substituents is 1. The minimum atomic E-state index is 0.0633. The van der Waals surface area contributed by atoms with Crippen molar-refractivity contribution in [1.29, 1.82) is 0 Å². The Kier molecular flexibility index (Phi) is 4.63. The summed E-state index contributed by atoms with van der Waals surface area (Å²) in [5, 5.41) is 12.6. The fraction of sp³-hybridized carbons (Fsp3) is 0.182. The highest BCUT2D eigenvalue weighted by Crippen LogP contribution is 2.16. The van der Waals surface area contributed by atoms with Crippen LogP contribution in [0.25, 0.3) is 16.5 Å². The van der Waals surface area contributed by atoms with Crippen molar-refractivity contribution in [3.05, 3.63) is 45.8 Å². The zero-order valence-electron chi connectivity index (χ0n) is 8.58. The molecule has 5 heteroatoms. The van der Waals surface area contributed by atoms with Gasteiger partial charge < -0.3 is 5.11 Å². The van der Waals surface area contributed by atoms with Gasteiger partial charge in [0.2, 0.25) is 0 Å². The van der Waals surface area contributed by atoms with Crippen molar-refractivity contribution >= 4 is 12.4 Å². The second kappa shape index (κ2) is 6.27. The average Bonchev–Trinajstić information content (AvgIpc) is 2.30. The maximum absolute atomic E-state index is 10.7. The molecule has 0 radical (unpaired) electrons. The topological polar surface area (TPSA) is 86.1 Å². The van der Waals surface area contributed by atoms with Crippen LogP contribution in [0.5, 0.6) is 5.75 Å². The van der Waals surface area contributed by atoms with Crippen LogP contribution in [-0.4, -0.2) is 17.9 Å². The molecule has 5 nitrogen and oxygen atoms in total. The number of carbonyl (C=O) groups excluding carboxylic acids is 1. The lowest BCUT2D eigenvalue weighted by Gasteiger charge is -1.99. The largest absolute Gasteiger partial charge is 0.508 e. The molecule has 0 aliphatic rings. The molecule has 0 atom stereocenters. The van der Waals surface area contributed by atoms with Gasteiger partial charge in [0, 0.05) is 17.0 Å². The lowest BCUT2D eigenvalue weighted by molar-refractivity contribution is 0.112. The smallest absolute Gasteiger partial charge is 0.150 e. The Bertz CT molecular complexity index is 449. The zero-order valence-corrected chi connectivity index (χ0v) is 8.58. The van der Waals surface area contributed by atoms with Crippen LogP contribution < -0.4 is 0 Å². The predicted octanol–water partition coefficient (Wildman–Crippen LogP) is 2.92. The van der Waals surface area contributed by atoms with Crippen molar-refractivity contribution in [2.75, 3.05) is 6.54 Å². The summed E-state index contributed by atoms with van der Waals surface area (Å²) in [5.41, 5.74) is 9.22. The summed E-state index contributed by atoms with van der Waals surface area (Å²) in [5.74, 6) is 0.0633. The fourth-order valence-electron chi connectivity index (χ4n) is 1.20. The third-order valence-electron chi connectivity index (χ3n) is 1.95. The van der Waals surface area contributed by atoms with Gasteiger partial charge in [0.05, 0.1) is 0 Å². The standard InChI is InChI=1S/C11H11N3O2/c12-14-13-6-2-1-3-9-4-5-11(16)7-10(9)8-15/h1,3-5,7-8,16H,2,6H2. The Labute approximate surface area is 92.7 Å².